The topological polar surface area (TPSA) is 84.3 Å². The number of halogens is 1. The van der Waals surface area contributed by atoms with Crippen LogP contribution in [0.1, 0.15) is 53.2 Å². The average Bonchev–Trinajstić information content (AvgIpc) is 3.21. The van der Waals surface area contributed by atoms with Crippen LogP contribution < -0.4 is 10.6 Å². The van der Waals surface area contributed by atoms with E-state index in [1.165, 1.54) is 0 Å². The molecule has 0 radical (unpaired) electrons. The van der Waals surface area contributed by atoms with E-state index in [1.807, 2.05) is 31.2 Å². The summed E-state index contributed by atoms with van der Waals surface area (Å²) in [5.74, 6) is 0.311. The van der Waals surface area contributed by atoms with Crippen LogP contribution in [0.4, 0.5) is 11.4 Å². The number of hydrogen-bond acceptors (Lipinski definition) is 4. The number of nitro benzene ring substituents is 1. The number of amides is 1. The van der Waals surface area contributed by atoms with Crippen molar-refractivity contribution in [2.24, 2.45) is 5.92 Å². The van der Waals surface area contributed by atoms with E-state index >= 15 is 0 Å². The number of carbonyl (C=O) groups excluding carboxylic acids is 1. The van der Waals surface area contributed by atoms with Gasteiger partial charge in [0.25, 0.3) is 11.6 Å². The zero-order valence-electron chi connectivity index (χ0n) is 16.0. The van der Waals surface area contributed by atoms with E-state index in [9.17, 15) is 14.9 Å². The third-order valence-corrected chi connectivity index (χ3v) is 6.01. The SMILES string of the molecule is CCCNC(=O)c1ccc2c(c1)C1C=CCC1C(c1ccc(Cl)c([N+](=O)[O-])c1)N2. The molecule has 2 N–H and O–H groups in total. The van der Waals surface area contributed by atoms with Gasteiger partial charge in [-0.2, -0.15) is 0 Å². The molecule has 150 valence electrons. The molecule has 2 aromatic rings. The Morgan fingerprint density at radius 1 is 1.31 bits per heavy atom. The number of hydrogen-bond donors (Lipinski definition) is 2. The number of allylic oxidation sites excluding steroid dienone is 2. The second-order valence-electron chi connectivity index (χ2n) is 7.50. The van der Waals surface area contributed by atoms with Crippen LogP contribution in [0.3, 0.4) is 0 Å². The molecule has 0 saturated heterocycles. The molecule has 0 fully saturated rings. The first-order valence-electron chi connectivity index (χ1n) is 9.78. The van der Waals surface area contributed by atoms with Gasteiger partial charge in [0.2, 0.25) is 0 Å². The van der Waals surface area contributed by atoms with Crippen LogP contribution in [-0.2, 0) is 0 Å². The molecule has 6 nitrogen and oxygen atoms in total. The predicted octanol–water partition coefficient (Wildman–Crippen LogP) is 5.21. The number of carbonyl (C=O) groups is 1. The smallest absolute Gasteiger partial charge is 0.288 e. The third-order valence-electron chi connectivity index (χ3n) is 5.69. The maximum Gasteiger partial charge on any atom is 0.288 e. The summed E-state index contributed by atoms with van der Waals surface area (Å²) < 4.78 is 0. The van der Waals surface area contributed by atoms with Crippen LogP contribution in [0.2, 0.25) is 5.02 Å². The monoisotopic (exact) mass is 411 g/mol. The number of nitro groups is 1. The van der Waals surface area contributed by atoms with E-state index < -0.39 is 4.92 Å². The Morgan fingerprint density at radius 3 is 2.90 bits per heavy atom. The predicted molar refractivity (Wildman–Crippen MR) is 114 cm³/mol. The summed E-state index contributed by atoms with van der Waals surface area (Å²) in [4.78, 5) is 23.2. The van der Waals surface area contributed by atoms with Crippen molar-refractivity contribution in [2.45, 2.75) is 31.7 Å². The highest BCUT2D eigenvalue weighted by atomic mass is 35.5. The standard InChI is InChI=1S/C22H22ClN3O3/c1-2-10-24-22(27)14-7-9-19-17(11-14)15-4-3-5-16(15)21(25-19)13-6-8-18(23)20(12-13)26(28)29/h3-4,6-9,11-12,15-16,21,25H,2,5,10H2,1H3,(H,24,27). The zero-order valence-corrected chi connectivity index (χ0v) is 16.8. The van der Waals surface area contributed by atoms with E-state index in [0.717, 1.165) is 29.7 Å². The number of benzene rings is 2. The third kappa shape index (κ3) is 3.60. The van der Waals surface area contributed by atoms with E-state index in [2.05, 4.69) is 22.8 Å². The van der Waals surface area contributed by atoms with Crippen LogP contribution in [0.25, 0.3) is 0 Å². The van der Waals surface area contributed by atoms with Gasteiger partial charge in [-0.25, -0.2) is 0 Å². The largest absolute Gasteiger partial charge is 0.378 e. The Labute approximate surface area is 174 Å². The summed E-state index contributed by atoms with van der Waals surface area (Å²) in [6.07, 6.45) is 6.08. The molecule has 2 aromatic carbocycles. The molecular weight excluding hydrogens is 390 g/mol. The van der Waals surface area contributed by atoms with Gasteiger partial charge in [-0.05, 0) is 54.2 Å². The molecule has 0 spiro atoms. The Hall–Kier alpha value is -2.86. The summed E-state index contributed by atoms with van der Waals surface area (Å²) in [5.41, 5.74) is 3.45. The normalized spacial score (nSPS) is 21.8. The van der Waals surface area contributed by atoms with E-state index in [-0.39, 0.29) is 34.5 Å². The molecule has 0 bridgehead atoms. The average molecular weight is 412 g/mol. The lowest BCUT2D eigenvalue weighted by Gasteiger charge is -2.37. The fourth-order valence-corrected chi connectivity index (χ4v) is 4.46. The first-order chi connectivity index (χ1) is 14.0. The first kappa shape index (κ1) is 19.5. The van der Waals surface area contributed by atoms with Gasteiger partial charge in [0.05, 0.1) is 11.0 Å². The van der Waals surface area contributed by atoms with E-state index in [1.54, 1.807) is 12.1 Å². The number of nitrogens with zero attached hydrogens (tertiary/aromatic N) is 1. The Morgan fingerprint density at radius 2 is 2.14 bits per heavy atom. The Balaban J connectivity index is 1.69. The van der Waals surface area contributed by atoms with Gasteiger partial charge in [0, 0.05) is 29.8 Å². The molecule has 1 aliphatic carbocycles. The summed E-state index contributed by atoms with van der Waals surface area (Å²) in [5, 5.41) is 17.9. The van der Waals surface area contributed by atoms with E-state index in [0.29, 0.717) is 12.1 Å². The van der Waals surface area contributed by atoms with Crippen molar-refractivity contribution in [3.8, 4) is 0 Å². The second kappa shape index (κ2) is 7.87. The number of rotatable bonds is 5. The van der Waals surface area contributed by atoms with Gasteiger partial charge in [0.15, 0.2) is 0 Å². The van der Waals surface area contributed by atoms with Gasteiger partial charge in [0.1, 0.15) is 5.02 Å². The molecular formula is C22H22ClN3O3. The molecule has 2 aliphatic rings. The molecule has 0 saturated carbocycles. The van der Waals surface area contributed by atoms with Crippen molar-refractivity contribution in [3.63, 3.8) is 0 Å². The molecule has 3 atom stereocenters. The van der Waals surface area contributed by atoms with Crippen LogP contribution >= 0.6 is 11.6 Å². The van der Waals surface area contributed by atoms with Crippen molar-refractivity contribution in [2.75, 3.05) is 11.9 Å². The van der Waals surface area contributed by atoms with Gasteiger partial charge in [-0.3, -0.25) is 14.9 Å². The van der Waals surface area contributed by atoms with Crippen LogP contribution in [0.5, 0.6) is 0 Å². The molecule has 1 heterocycles. The summed E-state index contributed by atoms with van der Waals surface area (Å²) in [6, 6.07) is 10.6. The van der Waals surface area contributed by atoms with E-state index in [4.69, 9.17) is 11.6 Å². The second-order valence-corrected chi connectivity index (χ2v) is 7.91. The molecule has 3 unspecified atom stereocenters. The summed E-state index contributed by atoms with van der Waals surface area (Å²) in [6.45, 7) is 2.67. The maximum atomic E-state index is 12.4. The Kier molecular flexibility index (Phi) is 5.28. The highest BCUT2D eigenvalue weighted by Gasteiger charge is 2.38. The minimum atomic E-state index is -0.450. The van der Waals surface area contributed by atoms with Crippen molar-refractivity contribution < 1.29 is 9.72 Å². The zero-order chi connectivity index (χ0) is 20.5. The van der Waals surface area contributed by atoms with Gasteiger partial charge < -0.3 is 10.6 Å². The lowest BCUT2D eigenvalue weighted by atomic mass is 9.76. The van der Waals surface area contributed by atoms with Crippen molar-refractivity contribution in [3.05, 3.63) is 80.4 Å². The lowest BCUT2D eigenvalue weighted by Crippen LogP contribution is -2.30. The first-order valence-corrected chi connectivity index (χ1v) is 10.2. The van der Waals surface area contributed by atoms with Gasteiger partial charge in [-0.1, -0.05) is 36.7 Å². The number of fused-ring (bicyclic) bond motifs is 3. The molecule has 7 heteroatoms. The van der Waals surface area contributed by atoms with Crippen molar-refractivity contribution in [1.82, 2.24) is 5.32 Å². The quantitative estimate of drug-likeness (QED) is 0.401. The molecule has 0 aromatic heterocycles. The van der Waals surface area contributed by atoms with Gasteiger partial charge in [-0.15, -0.1) is 0 Å². The van der Waals surface area contributed by atoms with Crippen molar-refractivity contribution in [1.29, 1.82) is 0 Å². The highest BCUT2D eigenvalue weighted by Crippen LogP contribution is 2.50. The van der Waals surface area contributed by atoms with Crippen LogP contribution in [0.15, 0.2) is 48.6 Å². The fraction of sp³-hybridized carbons (Fsp3) is 0.318. The fourth-order valence-electron chi connectivity index (χ4n) is 4.27. The Bertz CT molecular complexity index is 1000. The van der Waals surface area contributed by atoms with Crippen LogP contribution in [0, 0.1) is 16.0 Å². The summed E-state index contributed by atoms with van der Waals surface area (Å²) >= 11 is 5.99. The molecule has 1 aliphatic heterocycles. The lowest BCUT2D eigenvalue weighted by molar-refractivity contribution is -0.384. The molecule has 29 heavy (non-hydrogen) atoms. The molecule has 4 rings (SSSR count). The maximum absolute atomic E-state index is 12.4. The highest BCUT2D eigenvalue weighted by molar-refractivity contribution is 6.32. The minimum Gasteiger partial charge on any atom is -0.378 e. The van der Waals surface area contributed by atoms with Crippen LogP contribution in [-0.4, -0.2) is 17.4 Å². The number of anilines is 1. The minimum absolute atomic E-state index is 0.0661. The molecule has 1 amide bonds. The van der Waals surface area contributed by atoms with Crippen molar-refractivity contribution >= 4 is 28.9 Å². The van der Waals surface area contributed by atoms with Gasteiger partial charge >= 0.3 is 0 Å². The number of nitrogens with one attached hydrogen (secondary N) is 2. The summed E-state index contributed by atoms with van der Waals surface area (Å²) in [7, 11) is 0.